The fourth-order valence-corrected chi connectivity index (χ4v) is 3.30. The van der Waals surface area contributed by atoms with Crippen LogP contribution in [0.25, 0.3) is 0 Å². The highest BCUT2D eigenvalue weighted by atomic mass is 35.5. The van der Waals surface area contributed by atoms with Gasteiger partial charge in [-0.3, -0.25) is 4.79 Å². The van der Waals surface area contributed by atoms with Crippen LogP contribution in [0, 0.1) is 0 Å². The zero-order valence-electron chi connectivity index (χ0n) is 16.5. The Kier molecular flexibility index (Phi) is 7.92. The van der Waals surface area contributed by atoms with Crippen molar-refractivity contribution in [3.63, 3.8) is 0 Å². The molecule has 1 aliphatic rings. The van der Waals surface area contributed by atoms with Crippen molar-refractivity contribution >= 4 is 23.6 Å². The summed E-state index contributed by atoms with van der Waals surface area (Å²) >= 11 is 6.04. The molecule has 2 amide bonds. The van der Waals surface area contributed by atoms with Gasteiger partial charge in [0.15, 0.2) is 0 Å². The topological polar surface area (TPSA) is 63.1 Å². The SMILES string of the molecule is CC(C)(C)OC(=O)NCCCC(=O)N1CC[NH+](Cc2cccc(Cl)c2)CC1. The summed E-state index contributed by atoms with van der Waals surface area (Å²) in [5.41, 5.74) is 0.720. The van der Waals surface area contributed by atoms with Crippen molar-refractivity contribution in [1.29, 1.82) is 0 Å². The van der Waals surface area contributed by atoms with Gasteiger partial charge in [0.2, 0.25) is 5.91 Å². The standard InChI is InChI=1S/C20H30ClN3O3/c1-20(2,3)27-19(26)22-9-5-8-18(25)24-12-10-23(11-13-24)15-16-6-4-7-17(21)14-16/h4,6-7,14H,5,8-13,15H2,1-3H3,(H,22,26)/p+1. The van der Waals surface area contributed by atoms with Crippen LogP contribution in [0.1, 0.15) is 39.2 Å². The van der Waals surface area contributed by atoms with Crippen LogP contribution in [0.15, 0.2) is 24.3 Å². The van der Waals surface area contributed by atoms with Crippen molar-refractivity contribution in [3.05, 3.63) is 34.9 Å². The number of alkyl carbamates (subject to hydrolysis) is 1. The van der Waals surface area contributed by atoms with E-state index in [4.69, 9.17) is 16.3 Å². The van der Waals surface area contributed by atoms with Gasteiger partial charge in [-0.2, -0.15) is 0 Å². The molecule has 0 saturated carbocycles. The van der Waals surface area contributed by atoms with Crippen LogP contribution >= 0.6 is 11.6 Å². The Balaban J connectivity index is 1.62. The lowest BCUT2D eigenvalue weighted by Crippen LogP contribution is -3.13. The average molecular weight is 397 g/mol. The Morgan fingerprint density at radius 3 is 2.59 bits per heavy atom. The van der Waals surface area contributed by atoms with Crippen molar-refractivity contribution in [3.8, 4) is 0 Å². The van der Waals surface area contributed by atoms with Crippen LogP contribution in [-0.4, -0.2) is 55.2 Å². The van der Waals surface area contributed by atoms with E-state index in [9.17, 15) is 9.59 Å². The normalized spacial score (nSPS) is 15.5. The second-order valence-electron chi connectivity index (χ2n) is 7.97. The molecule has 6 nitrogen and oxygen atoms in total. The number of ether oxygens (including phenoxy) is 1. The quantitative estimate of drug-likeness (QED) is 0.721. The first-order valence-corrected chi connectivity index (χ1v) is 9.93. The van der Waals surface area contributed by atoms with Crippen LogP contribution in [0.2, 0.25) is 5.02 Å². The number of piperazine rings is 1. The monoisotopic (exact) mass is 396 g/mol. The molecule has 0 bridgehead atoms. The molecule has 2 N–H and O–H groups in total. The fraction of sp³-hybridized carbons (Fsp3) is 0.600. The second-order valence-corrected chi connectivity index (χ2v) is 8.41. The lowest BCUT2D eigenvalue weighted by molar-refractivity contribution is -0.917. The summed E-state index contributed by atoms with van der Waals surface area (Å²) in [7, 11) is 0. The molecule has 27 heavy (non-hydrogen) atoms. The summed E-state index contributed by atoms with van der Waals surface area (Å²) in [6, 6.07) is 7.95. The van der Waals surface area contributed by atoms with E-state index in [0.717, 1.165) is 37.7 Å². The molecule has 1 aromatic carbocycles. The van der Waals surface area contributed by atoms with Gasteiger partial charge >= 0.3 is 6.09 Å². The number of benzene rings is 1. The van der Waals surface area contributed by atoms with Gasteiger partial charge in [-0.1, -0.05) is 23.7 Å². The Morgan fingerprint density at radius 1 is 1.26 bits per heavy atom. The Hall–Kier alpha value is -1.79. The van der Waals surface area contributed by atoms with Crippen LogP contribution in [0.5, 0.6) is 0 Å². The molecular weight excluding hydrogens is 366 g/mol. The third-order valence-electron chi connectivity index (χ3n) is 4.40. The number of nitrogens with zero attached hydrogens (tertiary/aromatic N) is 1. The average Bonchev–Trinajstić information content (AvgIpc) is 2.58. The van der Waals surface area contributed by atoms with E-state index < -0.39 is 11.7 Å². The number of nitrogens with one attached hydrogen (secondary N) is 2. The first kappa shape index (κ1) is 21.5. The predicted octanol–water partition coefficient (Wildman–Crippen LogP) is 1.87. The molecular formula is C20H31ClN3O3+. The van der Waals surface area contributed by atoms with E-state index in [2.05, 4.69) is 11.4 Å². The minimum Gasteiger partial charge on any atom is -0.444 e. The summed E-state index contributed by atoms with van der Waals surface area (Å²) < 4.78 is 5.17. The summed E-state index contributed by atoms with van der Waals surface area (Å²) in [5, 5.41) is 3.45. The van der Waals surface area contributed by atoms with Gasteiger partial charge in [0.25, 0.3) is 0 Å². The lowest BCUT2D eigenvalue weighted by atomic mass is 10.2. The van der Waals surface area contributed by atoms with Gasteiger partial charge in [-0.05, 0) is 39.3 Å². The summed E-state index contributed by atoms with van der Waals surface area (Å²) in [6.45, 7) is 10.3. The summed E-state index contributed by atoms with van der Waals surface area (Å²) in [5.74, 6) is 0.155. The number of halogens is 1. The Bertz CT molecular complexity index is 638. The molecule has 2 rings (SSSR count). The van der Waals surface area contributed by atoms with Crippen molar-refractivity contribution in [2.75, 3.05) is 32.7 Å². The maximum Gasteiger partial charge on any atom is 0.407 e. The fourth-order valence-electron chi connectivity index (χ4n) is 3.09. The highest BCUT2D eigenvalue weighted by Gasteiger charge is 2.23. The smallest absolute Gasteiger partial charge is 0.407 e. The third-order valence-corrected chi connectivity index (χ3v) is 4.64. The number of amides is 2. The minimum atomic E-state index is -0.507. The van der Waals surface area contributed by atoms with Crippen molar-refractivity contribution in [2.24, 2.45) is 0 Å². The summed E-state index contributed by atoms with van der Waals surface area (Å²) in [4.78, 5) is 27.3. The third kappa shape index (κ3) is 8.18. The van der Waals surface area contributed by atoms with Crippen molar-refractivity contribution in [2.45, 2.75) is 45.8 Å². The number of carbonyl (C=O) groups is 2. The maximum absolute atomic E-state index is 12.3. The largest absolute Gasteiger partial charge is 0.444 e. The van der Waals surface area contributed by atoms with E-state index in [1.165, 1.54) is 10.5 Å². The van der Waals surface area contributed by atoms with E-state index in [1.807, 2.05) is 43.9 Å². The Labute approximate surface area is 166 Å². The molecule has 7 heteroatoms. The number of quaternary nitrogens is 1. The zero-order chi connectivity index (χ0) is 19.9. The van der Waals surface area contributed by atoms with Gasteiger partial charge in [0.05, 0.1) is 26.2 Å². The van der Waals surface area contributed by atoms with Crippen LogP contribution in [-0.2, 0) is 16.1 Å². The van der Waals surface area contributed by atoms with Crippen LogP contribution < -0.4 is 10.2 Å². The molecule has 0 unspecified atom stereocenters. The van der Waals surface area contributed by atoms with E-state index in [-0.39, 0.29) is 5.91 Å². The molecule has 1 fully saturated rings. The highest BCUT2D eigenvalue weighted by molar-refractivity contribution is 6.30. The molecule has 150 valence electrons. The predicted molar refractivity (Wildman–Crippen MR) is 106 cm³/mol. The molecule has 1 aromatic rings. The van der Waals surface area contributed by atoms with E-state index in [0.29, 0.717) is 19.4 Å². The number of hydrogen-bond acceptors (Lipinski definition) is 3. The molecule has 1 saturated heterocycles. The summed E-state index contributed by atoms with van der Waals surface area (Å²) in [6.07, 6.45) is 0.626. The zero-order valence-corrected chi connectivity index (χ0v) is 17.3. The van der Waals surface area contributed by atoms with Gasteiger partial charge < -0.3 is 19.9 Å². The highest BCUT2D eigenvalue weighted by Crippen LogP contribution is 2.10. The van der Waals surface area contributed by atoms with E-state index >= 15 is 0 Å². The molecule has 0 spiro atoms. The molecule has 0 atom stereocenters. The van der Waals surface area contributed by atoms with Gasteiger partial charge in [-0.15, -0.1) is 0 Å². The maximum atomic E-state index is 12.3. The van der Waals surface area contributed by atoms with Crippen LogP contribution in [0.4, 0.5) is 4.79 Å². The number of carbonyl (C=O) groups excluding carboxylic acids is 2. The first-order valence-electron chi connectivity index (χ1n) is 9.55. The second kappa shape index (κ2) is 9.95. The van der Waals surface area contributed by atoms with Gasteiger partial charge in [0, 0.05) is 23.6 Å². The lowest BCUT2D eigenvalue weighted by Gasteiger charge is -2.32. The number of rotatable bonds is 6. The van der Waals surface area contributed by atoms with Gasteiger partial charge in [-0.25, -0.2) is 4.79 Å². The van der Waals surface area contributed by atoms with Gasteiger partial charge in [0.1, 0.15) is 12.1 Å². The molecule has 0 radical (unpaired) electrons. The molecule has 1 heterocycles. The van der Waals surface area contributed by atoms with E-state index in [1.54, 1.807) is 0 Å². The van der Waals surface area contributed by atoms with Crippen LogP contribution in [0.3, 0.4) is 0 Å². The molecule has 1 aliphatic heterocycles. The first-order chi connectivity index (χ1) is 12.7. The molecule has 0 aromatic heterocycles. The number of hydrogen-bond donors (Lipinski definition) is 2. The van der Waals surface area contributed by atoms with Crippen molar-refractivity contribution in [1.82, 2.24) is 10.2 Å². The molecule has 0 aliphatic carbocycles. The Morgan fingerprint density at radius 2 is 1.96 bits per heavy atom. The minimum absolute atomic E-state index is 0.155. The van der Waals surface area contributed by atoms with Crippen molar-refractivity contribution < 1.29 is 19.2 Å².